The van der Waals surface area contributed by atoms with E-state index < -0.39 is 0 Å². The monoisotopic (exact) mass is 312 g/mol. The van der Waals surface area contributed by atoms with Crippen LogP contribution < -0.4 is 14.2 Å². The molecule has 0 unspecified atom stereocenters. The molecule has 1 heterocycles. The zero-order chi connectivity index (χ0) is 16.6. The zero-order valence-electron chi connectivity index (χ0n) is 14.5. The van der Waals surface area contributed by atoms with E-state index in [1.165, 1.54) is 11.1 Å². The Morgan fingerprint density at radius 2 is 1.70 bits per heavy atom. The summed E-state index contributed by atoms with van der Waals surface area (Å²) in [6.45, 7) is 9.11. The van der Waals surface area contributed by atoms with Crippen molar-refractivity contribution in [1.82, 2.24) is 0 Å². The highest BCUT2D eigenvalue weighted by Crippen LogP contribution is 2.42. The molecule has 23 heavy (non-hydrogen) atoms. The summed E-state index contributed by atoms with van der Waals surface area (Å²) < 4.78 is 16.7. The van der Waals surface area contributed by atoms with Gasteiger partial charge in [-0.2, -0.15) is 0 Å². The van der Waals surface area contributed by atoms with E-state index in [0.717, 1.165) is 34.8 Å². The van der Waals surface area contributed by atoms with Crippen molar-refractivity contribution >= 4 is 0 Å². The highest BCUT2D eigenvalue weighted by molar-refractivity contribution is 5.77. The van der Waals surface area contributed by atoms with E-state index in [9.17, 15) is 0 Å². The molecule has 3 rings (SSSR count). The number of fused-ring (bicyclic) bond motifs is 1. The molecule has 0 atom stereocenters. The number of rotatable bonds is 3. The second-order valence-corrected chi connectivity index (χ2v) is 6.88. The van der Waals surface area contributed by atoms with Crippen LogP contribution in [0.4, 0.5) is 0 Å². The molecule has 0 spiro atoms. The summed E-state index contributed by atoms with van der Waals surface area (Å²) in [6.07, 6.45) is 0.925. The number of hydrogen-bond donors (Lipinski definition) is 0. The lowest BCUT2D eigenvalue weighted by Crippen LogP contribution is -2.11. The van der Waals surface area contributed by atoms with Crippen molar-refractivity contribution in [2.45, 2.75) is 39.5 Å². The Kier molecular flexibility index (Phi) is 3.97. The molecule has 0 N–H and O–H groups in total. The fraction of sp³-hybridized carbons (Fsp3) is 0.400. The van der Waals surface area contributed by atoms with Gasteiger partial charge in [-0.3, -0.25) is 0 Å². The smallest absolute Gasteiger partial charge is 0.231 e. The molecule has 0 bridgehead atoms. The SMILES string of the molecule is CCc1cc2c(cc1-c1cc(C(C)(C)C)ccc1OC)OCO2. The average molecular weight is 312 g/mol. The summed E-state index contributed by atoms with van der Waals surface area (Å²) >= 11 is 0. The van der Waals surface area contributed by atoms with Crippen molar-refractivity contribution in [3.05, 3.63) is 41.5 Å². The van der Waals surface area contributed by atoms with Gasteiger partial charge in [0.2, 0.25) is 6.79 Å². The van der Waals surface area contributed by atoms with Crippen molar-refractivity contribution in [2.24, 2.45) is 0 Å². The minimum atomic E-state index is 0.0870. The van der Waals surface area contributed by atoms with Crippen LogP contribution in [-0.4, -0.2) is 13.9 Å². The molecule has 0 aromatic heterocycles. The fourth-order valence-electron chi connectivity index (χ4n) is 2.91. The van der Waals surface area contributed by atoms with Gasteiger partial charge in [0.1, 0.15) is 5.75 Å². The fourth-order valence-corrected chi connectivity index (χ4v) is 2.91. The molecule has 0 saturated heterocycles. The van der Waals surface area contributed by atoms with Crippen molar-refractivity contribution in [2.75, 3.05) is 13.9 Å². The molecule has 0 radical (unpaired) electrons. The molecular weight excluding hydrogens is 288 g/mol. The zero-order valence-corrected chi connectivity index (χ0v) is 14.5. The lowest BCUT2D eigenvalue weighted by atomic mass is 9.84. The first-order valence-electron chi connectivity index (χ1n) is 8.05. The Morgan fingerprint density at radius 1 is 1.00 bits per heavy atom. The van der Waals surface area contributed by atoms with Crippen molar-refractivity contribution in [3.63, 3.8) is 0 Å². The highest BCUT2D eigenvalue weighted by atomic mass is 16.7. The third-order valence-corrected chi connectivity index (χ3v) is 4.33. The summed E-state index contributed by atoms with van der Waals surface area (Å²) in [5.41, 5.74) is 4.87. The van der Waals surface area contributed by atoms with Crippen LogP contribution in [0.15, 0.2) is 30.3 Å². The lowest BCUT2D eigenvalue weighted by Gasteiger charge is -2.22. The van der Waals surface area contributed by atoms with Gasteiger partial charge in [-0.15, -0.1) is 0 Å². The van der Waals surface area contributed by atoms with Crippen molar-refractivity contribution < 1.29 is 14.2 Å². The quantitative estimate of drug-likeness (QED) is 0.802. The molecule has 0 aliphatic carbocycles. The van der Waals surface area contributed by atoms with E-state index in [4.69, 9.17) is 14.2 Å². The largest absolute Gasteiger partial charge is 0.496 e. The first-order chi connectivity index (χ1) is 10.9. The Hall–Kier alpha value is -2.16. The highest BCUT2D eigenvalue weighted by Gasteiger charge is 2.21. The molecule has 0 fully saturated rings. The third kappa shape index (κ3) is 2.88. The summed E-state index contributed by atoms with van der Waals surface area (Å²) in [7, 11) is 1.72. The number of hydrogen-bond acceptors (Lipinski definition) is 3. The van der Waals surface area contributed by atoms with Crippen LogP contribution in [0.2, 0.25) is 0 Å². The first-order valence-corrected chi connectivity index (χ1v) is 8.05. The van der Waals surface area contributed by atoms with Gasteiger partial charge in [0.25, 0.3) is 0 Å². The number of aryl methyl sites for hydroxylation is 1. The predicted molar refractivity (Wildman–Crippen MR) is 92.6 cm³/mol. The third-order valence-electron chi connectivity index (χ3n) is 4.33. The van der Waals surface area contributed by atoms with Gasteiger partial charge in [0.15, 0.2) is 11.5 Å². The maximum Gasteiger partial charge on any atom is 0.231 e. The molecular formula is C20H24O3. The Morgan fingerprint density at radius 3 is 2.30 bits per heavy atom. The van der Waals surface area contributed by atoms with Gasteiger partial charge < -0.3 is 14.2 Å². The summed E-state index contributed by atoms with van der Waals surface area (Å²) in [5.74, 6) is 2.52. The van der Waals surface area contributed by atoms with E-state index in [2.05, 4.69) is 58.0 Å². The predicted octanol–water partition coefficient (Wildman–Crippen LogP) is 4.95. The number of methoxy groups -OCH3 is 1. The molecule has 3 nitrogen and oxygen atoms in total. The van der Waals surface area contributed by atoms with E-state index in [0.29, 0.717) is 6.79 Å². The van der Waals surface area contributed by atoms with E-state index in [-0.39, 0.29) is 5.41 Å². The second-order valence-electron chi connectivity index (χ2n) is 6.88. The van der Waals surface area contributed by atoms with E-state index in [1.54, 1.807) is 7.11 Å². The standard InChI is InChI=1S/C20H24O3/c1-6-13-9-18-19(23-12-22-18)11-15(13)16-10-14(20(2,3)4)7-8-17(16)21-5/h7-11H,6,12H2,1-5H3. The van der Waals surface area contributed by atoms with Gasteiger partial charge in [-0.25, -0.2) is 0 Å². The average Bonchev–Trinajstić information content (AvgIpc) is 2.99. The van der Waals surface area contributed by atoms with Gasteiger partial charge in [0.05, 0.1) is 7.11 Å². The molecule has 1 aliphatic heterocycles. The van der Waals surface area contributed by atoms with Gasteiger partial charge in [-0.05, 0) is 52.8 Å². The minimum absolute atomic E-state index is 0.0870. The second kappa shape index (κ2) is 5.80. The van der Waals surface area contributed by atoms with Crippen LogP contribution in [0.1, 0.15) is 38.8 Å². The Bertz CT molecular complexity index is 726. The van der Waals surface area contributed by atoms with E-state index in [1.807, 2.05) is 0 Å². The minimum Gasteiger partial charge on any atom is -0.496 e. The van der Waals surface area contributed by atoms with Crippen LogP contribution in [0.3, 0.4) is 0 Å². The van der Waals surface area contributed by atoms with Crippen LogP contribution in [0, 0.1) is 0 Å². The number of benzene rings is 2. The normalized spacial score (nSPS) is 13.3. The van der Waals surface area contributed by atoms with Crippen molar-refractivity contribution in [1.29, 1.82) is 0 Å². The van der Waals surface area contributed by atoms with E-state index >= 15 is 0 Å². The maximum atomic E-state index is 5.61. The van der Waals surface area contributed by atoms with Crippen LogP contribution in [-0.2, 0) is 11.8 Å². The van der Waals surface area contributed by atoms with Gasteiger partial charge in [0, 0.05) is 5.56 Å². The van der Waals surface area contributed by atoms with Crippen LogP contribution in [0.5, 0.6) is 17.2 Å². The molecule has 1 aliphatic rings. The lowest BCUT2D eigenvalue weighted by molar-refractivity contribution is 0.174. The van der Waals surface area contributed by atoms with Gasteiger partial charge in [-0.1, -0.05) is 33.8 Å². The van der Waals surface area contributed by atoms with Gasteiger partial charge >= 0.3 is 0 Å². The molecule has 2 aromatic carbocycles. The van der Waals surface area contributed by atoms with Crippen LogP contribution in [0.25, 0.3) is 11.1 Å². The Balaban J connectivity index is 2.21. The number of ether oxygens (including phenoxy) is 3. The molecule has 0 amide bonds. The summed E-state index contributed by atoms with van der Waals surface area (Å²) in [5, 5.41) is 0. The summed E-state index contributed by atoms with van der Waals surface area (Å²) in [6, 6.07) is 10.6. The molecule has 2 aromatic rings. The molecule has 3 heteroatoms. The van der Waals surface area contributed by atoms with Crippen molar-refractivity contribution in [3.8, 4) is 28.4 Å². The first kappa shape index (κ1) is 15.7. The summed E-state index contributed by atoms with van der Waals surface area (Å²) in [4.78, 5) is 0. The van der Waals surface area contributed by atoms with Crippen LogP contribution >= 0.6 is 0 Å². The molecule has 122 valence electrons. The molecule has 0 saturated carbocycles. The maximum absolute atomic E-state index is 5.61. The topological polar surface area (TPSA) is 27.7 Å². The Labute approximate surface area is 138 Å².